The van der Waals surface area contributed by atoms with Crippen LogP contribution in [0.4, 0.5) is 0 Å². The van der Waals surface area contributed by atoms with Crippen LogP contribution in [0.3, 0.4) is 0 Å². The van der Waals surface area contributed by atoms with E-state index in [2.05, 4.69) is 18.1 Å². The van der Waals surface area contributed by atoms with Crippen molar-refractivity contribution in [1.82, 2.24) is 19.9 Å². The second-order valence-electron chi connectivity index (χ2n) is 11.5. The van der Waals surface area contributed by atoms with Crippen LogP contribution < -0.4 is 4.98 Å². The largest absolute Gasteiger partial charge is 2.00 e. The number of hydrogen-bond donors (Lipinski definition) is 3. The number of carboxylic acids is 1. The first kappa shape index (κ1) is 31.2. The molecule has 0 saturated carbocycles. The molecule has 44 heavy (non-hydrogen) atoms. The molecule has 0 aromatic carbocycles. The predicted octanol–water partition coefficient (Wildman–Crippen LogP) is 5.78. The number of carbonyl (C=O) groups excluding carboxylic acids is 1. The summed E-state index contributed by atoms with van der Waals surface area (Å²) in [5.74, 6) is -1.35. The predicted molar refractivity (Wildman–Crippen MR) is 165 cm³/mol. The summed E-state index contributed by atoms with van der Waals surface area (Å²) in [6.07, 6.45) is 4.04. The number of esters is 1. The van der Waals surface area contributed by atoms with Crippen LogP contribution in [-0.4, -0.2) is 37.1 Å². The average Bonchev–Trinajstić information content (AvgIpc) is 3.69. The van der Waals surface area contributed by atoms with Crippen molar-refractivity contribution in [2.75, 3.05) is 0 Å². The van der Waals surface area contributed by atoms with E-state index in [1.54, 1.807) is 31.2 Å². The Hall–Kier alpha value is -4.24. The minimum Gasteiger partial charge on any atom is -0.657 e. The molecule has 8 bridgehead atoms. The second kappa shape index (κ2) is 11.0. The van der Waals surface area contributed by atoms with Gasteiger partial charge in [-0.15, -0.1) is 11.0 Å². The van der Waals surface area contributed by atoms with Gasteiger partial charge in [0.25, 0.3) is 0 Å². The van der Waals surface area contributed by atoms with Crippen molar-refractivity contribution in [2.24, 2.45) is 0 Å². The van der Waals surface area contributed by atoms with Gasteiger partial charge in [-0.2, -0.15) is 0 Å². The topological polar surface area (TPSA) is 140 Å². The number of H-pyrrole nitrogens is 1. The summed E-state index contributed by atoms with van der Waals surface area (Å²) < 4.78 is 5.90. The van der Waals surface area contributed by atoms with Gasteiger partial charge in [0, 0.05) is 41.4 Å². The third-order valence-electron chi connectivity index (χ3n) is 9.07. The van der Waals surface area contributed by atoms with Gasteiger partial charge in [0.15, 0.2) is 5.60 Å². The van der Waals surface area contributed by atoms with Gasteiger partial charge < -0.3 is 24.9 Å². The number of hydrogen-bond acceptors (Lipinski definition) is 6. The van der Waals surface area contributed by atoms with E-state index >= 15 is 0 Å². The van der Waals surface area contributed by atoms with Gasteiger partial charge in [-0.1, -0.05) is 48.6 Å². The number of ether oxygens (including phenoxy) is 1. The van der Waals surface area contributed by atoms with Gasteiger partial charge in [0.1, 0.15) is 5.60 Å². The SMILES string of the molecule is C=CC1=C(C)c2cc3[n-]c(cc4nc(cc5[nH]c(cc1n2)c(C)c5C=C)[C@](C)(O)[C@@]41CCC(=O)O1)c(CCC(=O)O)c3C.[Fe+2]. The van der Waals surface area contributed by atoms with E-state index in [1.165, 1.54) is 0 Å². The Morgan fingerprint density at radius 1 is 1.05 bits per heavy atom. The Kier molecular flexibility index (Phi) is 7.82. The minimum atomic E-state index is -1.66. The first-order chi connectivity index (χ1) is 20.4. The number of fused-ring (bicyclic) bond motifs is 9. The summed E-state index contributed by atoms with van der Waals surface area (Å²) in [5.41, 5.74) is 6.90. The number of aryl methyl sites for hydroxylation is 3. The van der Waals surface area contributed by atoms with Crippen molar-refractivity contribution in [3.8, 4) is 0 Å². The fourth-order valence-electron chi connectivity index (χ4n) is 6.46. The second-order valence-corrected chi connectivity index (χ2v) is 11.5. The molecule has 6 rings (SSSR count). The van der Waals surface area contributed by atoms with E-state index < -0.39 is 23.1 Å². The molecule has 3 aromatic heterocycles. The van der Waals surface area contributed by atoms with Crippen LogP contribution in [0, 0.1) is 13.8 Å². The summed E-state index contributed by atoms with van der Waals surface area (Å²) in [4.78, 5) is 42.3. The molecule has 1 fully saturated rings. The third kappa shape index (κ3) is 4.65. The Balaban J connectivity index is 0.00000384. The number of aromatic nitrogens is 4. The number of nitrogens with zero attached hydrogens (tertiary/aromatic N) is 3. The molecule has 9 nitrogen and oxygen atoms in total. The first-order valence-corrected chi connectivity index (χ1v) is 14.2. The molecule has 0 amide bonds. The Bertz CT molecular complexity index is 1970. The maximum Gasteiger partial charge on any atom is 2.00 e. The molecule has 226 valence electrons. The van der Waals surface area contributed by atoms with Crippen LogP contribution in [0.5, 0.6) is 0 Å². The number of nitrogens with one attached hydrogen (secondary N) is 1. The molecule has 0 aliphatic carbocycles. The summed E-state index contributed by atoms with van der Waals surface area (Å²) in [5, 5.41) is 21.5. The maximum atomic E-state index is 12.5. The zero-order valence-electron chi connectivity index (χ0n) is 25.0. The molecular weight excluding hydrogens is 600 g/mol. The Morgan fingerprint density at radius 3 is 2.43 bits per heavy atom. The van der Waals surface area contributed by atoms with Gasteiger partial charge in [-0.25, -0.2) is 4.98 Å². The Labute approximate surface area is 265 Å². The van der Waals surface area contributed by atoms with Gasteiger partial charge >= 0.3 is 29.0 Å². The van der Waals surface area contributed by atoms with Crippen LogP contribution in [0.15, 0.2) is 43.5 Å². The zero-order chi connectivity index (χ0) is 30.8. The summed E-state index contributed by atoms with van der Waals surface area (Å²) in [7, 11) is 0. The van der Waals surface area contributed by atoms with Crippen LogP contribution in [0.1, 0.15) is 78.1 Å². The van der Waals surface area contributed by atoms with Crippen LogP contribution >= 0.6 is 0 Å². The van der Waals surface area contributed by atoms with E-state index in [-0.39, 0.29) is 42.8 Å². The van der Waals surface area contributed by atoms with Crippen molar-refractivity contribution in [3.05, 3.63) is 88.5 Å². The van der Waals surface area contributed by atoms with Crippen LogP contribution in [-0.2, 0) is 49.0 Å². The molecule has 3 aliphatic rings. The number of aromatic amines is 1. The number of aliphatic carboxylic acids is 1. The number of allylic oxidation sites excluding steroid dienone is 3. The summed E-state index contributed by atoms with van der Waals surface area (Å²) in [6.45, 7) is 15.5. The van der Waals surface area contributed by atoms with Gasteiger partial charge in [-0.3, -0.25) is 14.6 Å². The van der Waals surface area contributed by atoms with Crippen molar-refractivity contribution < 1.29 is 41.6 Å². The molecule has 3 aromatic rings. The van der Waals surface area contributed by atoms with E-state index in [1.807, 2.05) is 32.9 Å². The fraction of sp³-hybridized carbons (Fsp3) is 0.294. The van der Waals surface area contributed by atoms with Crippen LogP contribution in [0.25, 0.3) is 39.3 Å². The summed E-state index contributed by atoms with van der Waals surface area (Å²) >= 11 is 0. The molecule has 3 N–H and O–H groups in total. The van der Waals surface area contributed by atoms with E-state index in [9.17, 15) is 19.8 Å². The maximum absolute atomic E-state index is 12.5. The molecule has 6 heterocycles. The average molecular weight is 634 g/mol. The van der Waals surface area contributed by atoms with Crippen molar-refractivity contribution in [3.63, 3.8) is 0 Å². The molecule has 10 heteroatoms. The van der Waals surface area contributed by atoms with Crippen molar-refractivity contribution in [1.29, 1.82) is 0 Å². The van der Waals surface area contributed by atoms with E-state index in [0.29, 0.717) is 27.9 Å². The molecular formula is C34H33FeN4O5+. The first-order valence-electron chi connectivity index (χ1n) is 14.2. The quantitative estimate of drug-likeness (QED) is 0.238. The van der Waals surface area contributed by atoms with Gasteiger partial charge in [0.05, 0.1) is 22.8 Å². The molecule has 2 atom stereocenters. The number of carbonyl (C=O) groups is 2. The normalized spacial score (nSPS) is 20.9. The van der Waals surface area contributed by atoms with Gasteiger partial charge in [-0.05, 0) is 57.4 Å². The number of carboxylic acid groups (broad SMARTS) is 1. The van der Waals surface area contributed by atoms with Crippen molar-refractivity contribution in [2.45, 2.75) is 64.6 Å². The molecule has 0 unspecified atom stereocenters. The standard InChI is InChI=1S/C34H34N4O5.Fe/c1-7-20-17(3)23-13-24-19(5)22(9-10-31(39)40)28(37-24)16-30-34(12-11-32(41)43-34)33(6,42)29(38-30)15-27-21(8-2)18(4)25(36-27)14-26(20)35-23;/h7-8,13-16,42H,1-2,9-12H2,3-6H3,(H3,35,36,37,38,39,40);/q;+2/p-1/t33-,34+;/m0./s1. The zero-order valence-corrected chi connectivity index (χ0v) is 26.1. The summed E-state index contributed by atoms with van der Waals surface area (Å²) in [6, 6.07) is 7.34. The molecule has 3 aliphatic heterocycles. The minimum absolute atomic E-state index is 0. The Morgan fingerprint density at radius 2 is 1.80 bits per heavy atom. The fourth-order valence-corrected chi connectivity index (χ4v) is 6.46. The van der Waals surface area contributed by atoms with E-state index in [0.717, 1.165) is 50.3 Å². The molecule has 0 radical (unpaired) electrons. The smallest absolute Gasteiger partial charge is 0.657 e. The van der Waals surface area contributed by atoms with Crippen LogP contribution in [0.2, 0.25) is 0 Å². The number of rotatable bonds is 5. The molecule has 1 spiro atoms. The molecule has 1 saturated heterocycles. The monoisotopic (exact) mass is 633 g/mol. The third-order valence-corrected chi connectivity index (χ3v) is 9.07. The number of aliphatic hydroxyl groups is 1. The van der Waals surface area contributed by atoms with E-state index in [4.69, 9.17) is 19.7 Å². The van der Waals surface area contributed by atoms with Crippen molar-refractivity contribution >= 4 is 51.2 Å². The van der Waals surface area contributed by atoms with Gasteiger partial charge in [0.2, 0.25) is 0 Å².